The quantitative estimate of drug-likeness (QED) is 0.178. The number of aromatic hydroxyl groups is 1. The molecular weight excluding hydrogens is 594 g/mol. The minimum absolute atomic E-state index is 0.112. The zero-order valence-electron chi connectivity index (χ0n) is 22.8. The fraction of sp³-hybridized carbons (Fsp3) is 0.290. The number of hydrogen-bond donors (Lipinski definition) is 3. The summed E-state index contributed by atoms with van der Waals surface area (Å²) >= 11 is 14.5. The zero-order chi connectivity index (χ0) is 30.6. The number of hydrogen-bond acceptors (Lipinski definition) is 7. The lowest BCUT2D eigenvalue weighted by molar-refractivity contribution is -0.138. The Morgan fingerprint density at radius 1 is 0.907 bits per heavy atom. The number of benzene rings is 3. The summed E-state index contributed by atoms with van der Waals surface area (Å²) in [5, 5.41) is 32.0. The lowest BCUT2D eigenvalue weighted by Crippen LogP contribution is -2.60. The molecule has 0 spiro atoms. The van der Waals surface area contributed by atoms with Gasteiger partial charge in [-0.3, -0.25) is 29.0 Å². The summed E-state index contributed by atoms with van der Waals surface area (Å²) in [6, 6.07) is 16.4. The normalized spacial score (nSPS) is 31.7. The van der Waals surface area contributed by atoms with Gasteiger partial charge in [0, 0.05) is 18.5 Å². The lowest BCUT2D eigenvalue weighted by atomic mass is 9.56. The maximum Gasteiger partial charge on any atom is 0.488 e. The highest BCUT2D eigenvalue weighted by Gasteiger charge is 2.76. The Hall–Kier alpha value is -3.70. The highest BCUT2D eigenvalue weighted by atomic mass is 35.5. The second-order valence-corrected chi connectivity index (χ2v) is 12.9. The third kappa shape index (κ3) is 3.55. The summed E-state index contributed by atoms with van der Waals surface area (Å²) < 4.78 is 0. The molecule has 3 aromatic rings. The molecule has 7 rings (SSSR count). The van der Waals surface area contributed by atoms with E-state index < -0.39 is 64.2 Å². The molecule has 2 saturated heterocycles. The first-order chi connectivity index (χ1) is 20.4. The van der Waals surface area contributed by atoms with Gasteiger partial charge in [0.25, 0.3) is 11.8 Å². The van der Waals surface area contributed by atoms with Crippen LogP contribution >= 0.6 is 23.2 Å². The van der Waals surface area contributed by atoms with E-state index in [-0.39, 0.29) is 29.7 Å². The number of nitrogens with zero attached hydrogens (tertiary/aromatic N) is 2. The van der Waals surface area contributed by atoms with Gasteiger partial charge in [-0.25, -0.2) is 0 Å². The Bertz CT molecular complexity index is 1810. The second kappa shape index (κ2) is 9.40. The minimum Gasteiger partial charge on any atom is -0.508 e. The topological polar surface area (TPSA) is 135 Å². The largest absolute Gasteiger partial charge is 0.508 e. The van der Waals surface area contributed by atoms with Crippen LogP contribution in [0, 0.1) is 17.8 Å². The van der Waals surface area contributed by atoms with Crippen molar-refractivity contribution in [3.8, 4) is 5.75 Å². The number of phenolic OH excluding ortho intramolecular Hbond substituents is 1. The molecule has 1 saturated carbocycles. The van der Waals surface area contributed by atoms with Crippen LogP contribution < -0.4 is 10.4 Å². The first kappa shape index (κ1) is 28.1. The number of amides is 4. The molecule has 4 aliphatic rings. The van der Waals surface area contributed by atoms with E-state index in [1.165, 1.54) is 37.4 Å². The van der Waals surface area contributed by atoms with Crippen molar-refractivity contribution < 1.29 is 34.3 Å². The first-order valence-electron chi connectivity index (χ1n) is 13.9. The Kier molecular flexibility index (Phi) is 6.14. The van der Waals surface area contributed by atoms with Gasteiger partial charge in [0.2, 0.25) is 11.8 Å². The van der Waals surface area contributed by atoms with Gasteiger partial charge in [-0.05, 0) is 53.2 Å². The van der Waals surface area contributed by atoms with E-state index in [9.17, 15) is 34.3 Å². The number of imide groups is 2. The maximum absolute atomic E-state index is 14.2. The average molecular weight is 619 g/mol. The van der Waals surface area contributed by atoms with Gasteiger partial charge >= 0.3 is 7.12 Å². The van der Waals surface area contributed by atoms with E-state index >= 15 is 0 Å². The molecule has 9 nitrogen and oxygen atoms in total. The number of rotatable bonds is 3. The monoisotopic (exact) mass is 618 g/mol. The van der Waals surface area contributed by atoms with Gasteiger partial charge in [-0.1, -0.05) is 54.1 Å². The maximum atomic E-state index is 14.2. The standard InChI is InChI=1S/C31H25BCl2N2O7/c1-35-28(40)30(33)14-21-19(25(31(30,34)29(35)41)24-18-8-3-2-5-15(18)9-12-22(24)37)10-11-20-23(21)27(39)36(26(20)38)17-7-4-6-16(13-17)32(42)43/h2-10,12-13,20-21,23,25,37,42-43H,11,14H2,1H3. The molecule has 3 aromatic carbocycles. The molecule has 218 valence electrons. The molecule has 6 atom stereocenters. The van der Waals surface area contributed by atoms with E-state index in [1.54, 1.807) is 24.3 Å². The number of fused-ring (bicyclic) bond motifs is 5. The highest BCUT2D eigenvalue weighted by molar-refractivity contribution is 6.58. The fourth-order valence-corrected chi connectivity index (χ4v) is 8.73. The third-order valence-electron chi connectivity index (χ3n) is 9.68. The van der Waals surface area contributed by atoms with Gasteiger partial charge in [0.15, 0.2) is 9.75 Å². The predicted molar refractivity (Wildman–Crippen MR) is 160 cm³/mol. The summed E-state index contributed by atoms with van der Waals surface area (Å²) in [6.07, 6.45) is 1.78. The summed E-state index contributed by atoms with van der Waals surface area (Å²) in [5.41, 5.74) is 1.19. The second-order valence-electron chi connectivity index (χ2n) is 11.7. The molecule has 2 aliphatic heterocycles. The Morgan fingerprint density at radius 2 is 1.65 bits per heavy atom. The smallest absolute Gasteiger partial charge is 0.488 e. The summed E-state index contributed by atoms with van der Waals surface area (Å²) in [5.74, 6) is -6.11. The summed E-state index contributed by atoms with van der Waals surface area (Å²) in [7, 11) is -0.487. The van der Waals surface area contributed by atoms with Crippen LogP contribution in [0.3, 0.4) is 0 Å². The van der Waals surface area contributed by atoms with Gasteiger partial charge < -0.3 is 15.2 Å². The molecule has 0 radical (unpaired) electrons. The summed E-state index contributed by atoms with van der Waals surface area (Å²) in [4.78, 5) is 53.4. The molecule has 2 heterocycles. The van der Waals surface area contributed by atoms with Crippen molar-refractivity contribution in [1.29, 1.82) is 0 Å². The molecule has 12 heteroatoms. The van der Waals surface area contributed by atoms with Gasteiger partial charge in [-0.15, -0.1) is 23.2 Å². The van der Waals surface area contributed by atoms with E-state index in [2.05, 4.69) is 0 Å². The Labute approximate surface area is 256 Å². The molecule has 43 heavy (non-hydrogen) atoms. The highest BCUT2D eigenvalue weighted by Crippen LogP contribution is 2.66. The number of alkyl halides is 2. The van der Waals surface area contributed by atoms with Crippen LogP contribution in [-0.4, -0.2) is 67.6 Å². The molecule has 4 amide bonds. The molecule has 6 unspecified atom stereocenters. The van der Waals surface area contributed by atoms with Crippen molar-refractivity contribution in [2.24, 2.45) is 17.8 Å². The van der Waals surface area contributed by atoms with E-state index in [0.29, 0.717) is 16.5 Å². The van der Waals surface area contributed by atoms with Crippen molar-refractivity contribution in [3.05, 3.63) is 77.9 Å². The van der Waals surface area contributed by atoms with Crippen molar-refractivity contribution in [1.82, 2.24) is 4.90 Å². The van der Waals surface area contributed by atoms with Gasteiger partial charge in [0.1, 0.15) is 5.75 Å². The van der Waals surface area contributed by atoms with Crippen LogP contribution in [0.5, 0.6) is 5.75 Å². The zero-order valence-corrected chi connectivity index (χ0v) is 24.3. The number of likely N-dealkylation sites (tertiary alicyclic amines) is 1. The molecule has 2 aliphatic carbocycles. The summed E-state index contributed by atoms with van der Waals surface area (Å²) in [6.45, 7) is 0. The van der Waals surface area contributed by atoms with Crippen LogP contribution in [-0.2, 0) is 19.2 Å². The first-order valence-corrected chi connectivity index (χ1v) is 14.6. The minimum atomic E-state index is -2.02. The number of carbonyl (C=O) groups excluding carboxylic acids is 4. The Morgan fingerprint density at radius 3 is 2.40 bits per heavy atom. The average Bonchev–Trinajstić information content (AvgIpc) is 3.32. The van der Waals surface area contributed by atoms with Gasteiger partial charge in [-0.2, -0.15) is 0 Å². The van der Waals surface area contributed by atoms with Crippen LogP contribution in [0.1, 0.15) is 24.3 Å². The number of halogens is 2. The number of anilines is 1. The van der Waals surface area contributed by atoms with Crippen molar-refractivity contribution in [2.75, 3.05) is 11.9 Å². The number of allylic oxidation sites excluding steroid dienone is 2. The third-order valence-corrected chi connectivity index (χ3v) is 11.1. The fourth-order valence-electron chi connectivity index (χ4n) is 7.73. The van der Waals surface area contributed by atoms with Gasteiger partial charge in [0.05, 0.1) is 17.5 Å². The van der Waals surface area contributed by atoms with Crippen molar-refractivity contribution in [3.63, 3.8) is 0 Å². The Balaban J connectivity index is 1.43. The van der Waals surface area contributed by atoms with Crippen LogP contribution in [0.4, 0.5) is 5.69 Å². The van der Waals surface area contributed by atoms with E-state index in [4.69, 9.17) is 23.2 Å². The van der Waals surface area contributed by atoms with Crippen LogP contribution in [0.15, 0.2) is 72.3 Å². The molecule has 0 aromatic heterocycles. The van der Waals surface area contributed by atoms with Crippen LogP contribution in [0.2, 0.25) is 0 Å². The molecular formula is C31H25BCl2N2O7. The lowest BCUT2D eigenvalue weighted by Gasteiger charge is -2.51. The predicted octanol–water partition coefficient (Wildman–Crippen LogP) is 2.42. The molecule has 3 fully saturated rings. The van der Waals surface area contributed by atoms with E-state index in [0.717, 1.165) is 15.2 Å². The number of carbonyl (C=O) groups is 4. The molecule has 3 N–H and O–H groups in total. The number of phenols is 1. The van der Waals surface area contributed by atoms with Crippen molar-refractivity contribution >= 4 is 75.9 Å². The van der Waals surface area contributed by atoms with Crippen LogP contribution in [0.25, 0.3) is 10.8 Å². The van der Waals surface area contributed by atoms with E-state index in [1.807, 2.05) is 12.1 Å². The SMILES string of the molecule is CN1C(=O)C2(Cl)CC3C(=CCC4C(=O)N(c5cccc(B(O)O)c5)C(=O)C43)C(c3c(O)ccc4ccccc34)C2(Cl)C1=O. The molecule has 0 bridgehead atoms. The van der Waals surface area contributed by atoms with Crippen molar-refractivity contribution in [2.45, 2.75) is 28.5 Å².